The predicted octanol–water partition coefficient (Wildman–Crippen LogP) is 2.01. The van der Waals surface area contributed by atoms with Gasteiger partial charge in [0.25, 0.3) is 0 Å². The van der Waals surface area contributed by atoms with E-state index < -0.39 is 18.2 Å². The molecule has 0 saturated carbocycles. The Morgan fingerprint density at radius 1 is 1.22 bits per heavy atom. The van der Waals surface area contributed by atoms with Crippen LogP contribution in [0.1, 0.15) is 24.8 Å². The molecule has 1 aromatic carbocycles. The van der Waals surface area contributed by atoms with Crippen molar-refractivity contribution in [1.82, 2.24) is 14.9 Å². The van der Waals surface area contributed by atoms with Gasteiger partial charge in [-0.2, -0.15) is 0 Å². The number of halogens is 2. The van der Waals surface area contributed by atoms with Crippen LogP contribution in [0.4, 0.5) is 14.7 Å². The molecule has 1 unspecified atom stereocenters. The van der Waals surface area contributed by atoms with Crippen LogP contribution in [-0.4, -0.2) is 72.1 Å². The highest BCUT2D eigenvalue weighted by atomic mass is 19.1. The van der Waals surface area contributed by atoms with Crippen molar-refractivity contribution in [1.29, 1.82) is 0 Å². The molecule has 0 spiro atoms. The Labute approximate surface area is 213 Å². The summed E-state index contributed by atoms with van der Waals surface area (Å²) in [4.78, 5) is 26.3. The highest BCUT2D eigenvalue weighted by molar-refractivity contribution is 5.85. The number of benzene rings is 1. The number of aromatic nitrogens is 2. The number of nitrogens with one attached hydrogen (secondary N) is 1. The van der Waals surface area contributed by atoms with Crippen LogP contribution >= 0.6 is 0 Å². The van der Waals surface area contributed by atoms with E-state index in [0.29, 0.717) is 31.6 Å². The molecule has 1 aliphatic heterocycles. The SMILES string of the molecule is COc1cc(OC)c(F)c(COc2cnc(NC(C=NCC(=O)N3CCCC(O)CC3)=CN)nc2)c1F. The number of carbonyl (C=O) groups excluding carboxylic acids is 1. The van der Waals surface area contributed by atoms with Crippen LogP contribution in [0.15, 0.2) is 35.3 Å². The Morgan fingerprint density at radius 2 is 1.89 bits per heavy atom. The largest absolute Gasteiger partial charge is 0.494 e. The summed E-state index contributed by atoms with van der Waals surface area (Å²) in [7, 11) is 2.52. The fourth-order valence-electron chi connectivity index (χ4n) is 3.57. The first-order valence-electron chi connectivity index (χ1n) is 11.5. The van der Waals surface area contributed by atoms with Gasteiger partial charge in [-0.1, -0.05) is 0 Å². The van der Waals surface area contributed by atoms with E-state index in [9.17, 15) is 18.7 Å². The van der Waals surface area contributed by atoms with Crippen molar-refractivity contribution in [3.8, 4) is 17.2 Å². The first kappa shape index (κ1) is 27.6. The van der Waals surface area contributed by atoms with Crippen molar-refractivity contribution in [3.63, 3.8) is 0 Å². The summed E-state index contributed by atoms with van der Waals surface area (Å²) in [5.41, 5.74) is 5.60. The second-order valence-electron chi connectivity index (χ2n) is 8.10. The monoisotopic (exact) mass is 520 g/mol. The van der Waals surface area contributed by atoms with Gasteiger partial charge < -0.3 is 35.3 Å². The Morgan fingerprint density at radius 3 is 2.51 bits per heavy atom. The molecule has 4 N–H and O–H groups in total. The molecule has 1 aliphatic rings. The van der Waals surface area contributed by atoms with Crippen LogP contribution in [0.3, 0.4) is 0 Å². The number of rotatable bonds is 10. The van der Waals surface area contributed by atoms with Crippen molar-refractivity contribution in [2.24, 2.45) is 10.7 Å². The van der Waals surface area contributed by atoms with Gasteiger partial charge in [0.05, 0.1) is 44.0 Å². The molecule has 2 heterocycles. The molecule has 1 saturated heterocycles. The maximum Gasteiger partial charge on any atom is 0.244 e. The summed E-state index contributed by atoms with van der Waals surface area (Å²) < 4.78 is 44.2. The summed E-state index contributed by atoms with van der Waals surface area (Å²) >= 11 is 0. The number of aliphatic hydroxyl groups excluding tert-OH is 1. The van der Waals surface area contributed by atoms with Crippen LogP contribution < -0.4 is 25.3 Å². The molecule has 1 aromatic heterocycles. The molecule has 11 nitrogen and oxygen atoms in total. The average molecular weight is 521 g/mol. The number of nitrogens with two attached hydrogens (primary N) is 1. The molecule has 1 atom stereocenters. The molecule has 1 amide bonds. The van der Waals surface area contributed by atoms with Crippen LogP contribution in [0, 0.1) is 11.6 Å². The van der Waals surface area contributed by atoms with E-state index in [4.69, 9.17) is 19.9 Å². The van der Waals surface area contributed by atoms with Gasteiger partial charge in [-0.3, -0.25) is 9.79 Å². The highest BCUT2D eigenvalue weighted by Crippen LogP contribution is 2.32. The van der Waals surface area contributed by atoms with Gasteiger partial charge in [-0.15, -0.1) is 0 Å². The van der Waals surface area contributed by atoms with Gasteiger partial charge in [0.2, 0.25) is 11.9 Å². The highest BCUT2D eigenvalue weighted by Gasteiger charge is 2.21. The quantitative estimate of drug-likeness (QED) is 0.401. The number of methoxy groups -OCH3 is 2. The number of amides is 1. The maximum absolute atomic E-state index is 14.5. The zero-order valence-corrected chi connectivity index (χ0v) is 20.6. The molecule has 0 aliphatic carbocycles. The molecule has 2 aromatic rings. The first-order chi connectivity index (χ1) is 17.9. The van der Waals surface area contributed by atoms with Crippen molar-refractivity contribution in [2.45, 2.75) is 32.0 Å². The van der Waals surface area contributed by atoms with E-state index in [0.717, 1.165) is 12.5 Å². The Hall–Kier alpha value is -4.00. The van der Waals surface area contributed by atoms with E-state index in [2.05, 4.69) is 20.3 Å². The van der Waals surface area contributed by atoms with E-state index in [-0.39, 0.29) is 47.3 Å². The lowest BCUT2D eigenvalue weighted by Gasteiger charge is -2.19. The molecule has 0 bridgehead atoms. The van der Waals surface area contributed by atoms with Crippen molar-refractivity contribution in [3.05, 3.63) is 47.6 Å². The Bertz CT molecular complexity index is 1100. The van der Waals surface area contributed by atoms with Gasteiger partial charge in [-0.05, 0) is 19.3 Å². The number of aliphatic imine (C=N–C) groups is 1. The molecular formula is C24H30F2N6O5. The van der Waals surface area contributed by atoms with Crippen molar-refractivity contribution < 1.29 is 32.9 Å². The third-order valence-electron chi connectivity index (χ3n) is 5.62. The zero-order valence-electron chi connectivity index (χ0n) is 20.6. The fourth-order valence-corrected chi connectivity index (χ4v) is 3.57. The number of nitrogens with zero attached hydrogens (tertiary/aromatic N) is 4. The summed E-state index contributed by atoms with van der Waals surface area (Å²) in [5, 5.41) is 12.6. The fraction of sp³-hybridized carbons (Fsp3) is 0.417. The number of carbonyl (C=O) groups is 1. The lowest BCUT2D eigenvalue weighted by Crippen LogP contribution is -2.34. The van der Waals surface area contributed by atoms with Crippen LogP contribution in [0.2, 0.25) is 0 Å². The molecule has 200 valence electrons. The normalized spacial score (nSPS) is 16.4. The van der Waals surface area contributed by atoms with E-state index in [1.54, 1.807) is 4.90 Å². The Balaban J connectivity index is 1.55. The second-order valence-corrected chi connectivity index (χ2v) is 8.10. The first-order valence-corrected chi connectivity index (χ1v) is 11.5. The smallest absolute Gasteiger partial charge is 0.244 e. The minimum Gasteiger partial charge on any atom is -0.494 e. The van der Waals surface area contributed by atoms with Crippen LogP contribution in [0.25, 0.3) is 0 Å². The van der Waals surface area contributed by atoms with Crippen LogP contribution in [-0.2, 0) is 11.4 Å². The van der Waals surface area contributed by atoms with Gasteiger partial charge in [0.1, 0.15) is 13.2 Å². The van der Waals surface area contributed by atoms with Gasteiger partial charge in [-0.25, -0.2) is 18.7 Å². The lowest BCUT2D eigenvalue weighted by molar-refractivity contribution is -0.129. The molecule has 0 radical (unpaired) electrons. The molecule has 37 heavy (non-hydrogen) atoms. The van der Waals surface area contributed by atoms with E-state index in [1.807, 2.05) is 0 Å². The molecule has 1 fully saturated rings. The van der Waals surface area contributed by atoms with Crippen LogP contribution in [0.5, 0.6) is 17.2 Å². The third-order valence-corrected chi connectivity index (χ3v) is 5.62. The van der Waals surface area contributed by atoms with E-state index >= 15 is 0 Å². The van der Waals surface area contributed by atoms with Crippen molar-refractivity contribution in [2.75, 3.05) is 39.2 Å². The number of likely N-dealkylation sites (tertiary alicyclic amines) is 1. The molecular weight excluding hydrogens is 490 g/mol. The Kier molecular flexibility index (Phi) is 9.95. The summed E-state index contributed by atoms with van der Waals surface area (Å²) in [6.07, 6.45) is 6.87. The van der Waals surface area contributed by atoms with Gasteiger partial charge in [0.15, 0.2) is 28.9 Å². The zero-order chi connectivity index (χ0) is 26.8. The minimum absolute atomic E-state index is 0.0646. The van der Waals surface area contributed by atoms with E-state index in [1.165, 1.54) is 39.0 Å². The number of hydrogen-bond acceptors (Lipinski definition) is 10. The second kappa shape index (κ2) is 13.3. The summed E-state index contributed by atoms with van der Waals surface area (Å²) in [6, 6.07) is 1.11. The van der Waals surface area contributed by atoms with Gasteiger partial charge >= 0.3 is 0 Å². The molecule has 13 heteroatoms. The number of hydrogen-bond donors (Lipinski definition) is 3. The number of anilines is 1. The summed E-state index contributed by atoms with van der Waals surface area (Å²) in [5.74, 6) is -1.98. The van der Waals surface area contributed by atoms with Gasteiger partial charge in [0, 0.05) is 31.6 Å². The number of allylic oxidation sites excluding steroid dienone is 1. The minimum atomic E-state index is -0.899. The predicted molar refractivity (Wildman–Crippen MR) is 132 cm³/mol. The number of ether oxygens (including phenoxy) is 3. The lowest BCUT2D eigenvalue weighted by atomic mass is 10.1. The topological polar surface area (TPSA) is 144 Å². The molecule has 3 rings (SSSR count). The van der Waals surface area contributed by atoms with Crippen molar-refractivity contribution >= 4 is 18.1 Å². The standard InChI is InChI=1S/C24H30F2N6O5/c1-35-19-8-20(36-2)23(26)18(22(19)25)14-37-17-11-29-24(30-12-17)31-15(9-27)10-28-13-21(34)32-6-3-4-16(33)5-7-32/h8-12,16,33H,3-7,13-14,27H2,1-2H3,(H,29,30,31). The maximum atomic E-state index is 14.5. The summed E-state index contributed by atoms with van der Waals surface area (Å²) in [6.45, 7) is 0.577. The average Bonchev–Trinajstić information content (AvgIpc) is 3.13. The third kappa shape index (κ3) is 7.49. The number of aliphatic hydroxyl groups is 1.